The van der Waals surface area contributed by atoms with E-state index < -0.39 is 32.4 Å². The average Bonchev–Trinajstić information content (AvgIpc) is 3.29. The lowest BCUT2D eigenvalue weighted by Gasteiger charge is -2.49. The van der Waals surface area contributed by atoms with Gasteiger partial charge in [0.25, 0.3) is 0 Å². The van der Waals surface area contributed by atoms with Crippen molar-refractivity contribution in [1.29, 1.82) is 0 Å². The molecule has 5 rings (SSSR count). The van der Waals surface area contributed by atoms with Crippen molar-refractivity contribution in [1.82, 2.24) is 9.78 Å². The molecule has 0 bridgehead atoms. The molecule has 1 aliphatic heterocycles. The first kappa shape index (κ1) is 24.6. The standard InChI is InChI=1S/C27H31F2N3O3S/c1-18(2)36(3,34)15-13-31(14-16-36)23-17-30-32(19-7-5-4-6-8-19)27(33)26(23)35-24-12-9-20-21(28)10-11-22(29)25(20)24/h4-8,10-11,17-18,24H,9,12-16H2,1-3H3. The SMILES string of the molecule is CC(C)S1(C)(=O)CCN(c2cnn(-c3ccccc3)c(=O)c2OC2CCc3c(F)ccc(F)c32)CC1. The van der Waals surface area contributed by atoms with Gasteiger partial charge in [0, 0.05) is 35.4 Å². The fraction of sp³-hybridized carbons (Fsp3) is 0.407. The Morgan fingerprint density at radius 1 is 1.06 bits per heavy atom. The number of benzene rings is 2. The van der Waals surface area contributed by atoms with Crippen LogP contribution in [0.25, 0.3) is 5.69 Å². The summed E-state index contributed by atoms with van der Waals surface area (Å²) in [5.41, 5.74) is 1.03. The first-order chi connectivity index (χ1) is 17.1. The number of hydrogen-bond donors (Lipinski definition) is 0. The maximum Gasteiger partial charge on any atom is 0.316 e. The van der Waals surface area contributed by atoms with E-state index in [0.717, 1.165) is 12.1 Å². The minimum Gasteiger partial charge on any atom is -0.478 e. The summed E-state index contributed by atoms with van der Waals surface area (Å²) in [6.45, 7) is 4.95. The second-order valence-electron chi connectivity index (χ2n) is 10.3. The number of nitrogens with zero attached hydrogens (tertiary/aromatic N) is 3. The fourth-order valence-electron chi connectivity index (χ4n) is 5.05. The van der Waals surface area contributed by atoms with Crippen LogP contribution in [0.1, 0.15) is 37.5 Å². The number of hydrogen-bond acceptors (Lipinski definition) is 5. The third kappa shape index (κ3) is 4.13. The van der Waals surface area contributed by atoms with Crippen LogP contribution in [0.2, 0.25) is 0 Å². The normalized spacial score (nSPS) is 21.6. The molecule has 0 amide bonds. The van der Waals surface area contributed by atoms with Crippen LogP contribution in [0.4, 0.5) is 14.5 Å². The molecule has 1 unspecified atom stereocenters. The van der Waals surface area contributed by atoms with Crippen molar-refractivity contribution in [2.24, 2.45) is 0 Å². The zero-order chi connectivity index (χ0) is 25.7. The van der Waals surface area contributed by atoms with Crippen LogP contribution in [0.3, 0.4) is 0 Å². The molecule has 3 aromatic rings. The summed E-state index contributed by atoms with van der Waals surface area (Å²) in [5, 5.41) is 4.46. The molecule has 0 spiro atoms. The molecule has 1 aromatic heterocycles. The molecule has 2 heterocycles. The molecule has 2 aromatic carbocycles. The van der Waals surface area contributed by atoms with Crippen molar-refractivity contribution in [3.05, 3.63) is 81.8 Å². The quantitative estimate of drug-likeness (QED) is 0.508. The number of fused-ring (bicyclic) bond motifs is 1. The van der Waals surface area contributed by atoms with E-state index in [0.29, 0.717) is 54.4 Å². The van der Waals surface area contributed by atoms with Crippen LogP contribution in [0, 0.1) is 11.6 Å². The highest BCUT2D eigenvalue weighted by atomic mass is 32.3. The summed E-state index contributed by atoms with van der Waals surface area (Å²) >= 11 is 0. The van der Waals surface area contributed by atoms with E-state index in [-0.39, 0.29) is 16.6 Å². The second kappa shape index (κ2) is 8.80. The predicted molar refractivity (Wildman–Crippen MR) is 139 cm³/mol. The smallest absolute Gasteiger partial charge is 0.316 e. The van der Waals surface area contributed by atoms with Gasteiger partial charge < -0.3 is 9.64 Å². The Kier molecular flexibility index (Phi) is 6.01. The van der Waals surface area contributed by atoms with E-state index >= 15 is 0 Å². The summed E-state index contributed by atoms with van der Waals surface area (Å²) in [5.74, 6) is 0.0328. The van der Waals surface area contributed by atoms with Gasteiger partial charge in [0.1, 0.15) is 23.4 Å². The summed E-state index contributed by atoms with van der Waals surface area (Å²) < 4.78 is 50.3. The molecule has 1 aliphatic carbocycles. The maximum absolute atomic E-state index is 14.7. The van der Waals surface area contributed by atoms with Crippen LogP contribution < -0.4 is 15.2 Å². The highest BCUT2D eigenvalue weighted by Gasteiger charge is 2.40. The molecule has 2 aliphatic rings. The Morgan fingerprint density at radius 3 is 2.39 bits per heavy atom. The van der Waals surface area contributed by atoms with Crippen LogP contribution in [-0.2, 0) is 15.5 Å². The van der Waals surface area contributed by atoms with Crippen molar-refractivity contribution in [3.63, 3.8) is 0 Å². The Labute approximate surface area is 209 Å². The number of ether oxygens (including phenoxy) is 1. The molecule has 6 nitrogen and oxygen atoms in total. The lowest BCUT2D eigenvalue weighted by molar-refractivity contribution is 0.199. The van der Waals surface area contributed by atoms with Gasteiger partial charge in [0.05, 0.1) is 11.9 Å². The number of rotatable bonds is 5. The van der Waals surface area contributed by atoms with Gasteiger partial charge in [-0.1, -0.05) is 41.1 Å². The Bertz CT molecular complexity index is 1430. The number of aromatic nitrogens is 2. The molecule has 1 saturated heterocycles. The monoisotopic (exact) mass is 515 g/mol. The number of halogens is 2. The second-order valence-corrected chi connectivity index (χ2v) is 15.7. The highest BCUT2D eigenvalue weighted by Crippen LogP contribution is 2.40. The van der Waals surface area contributed by atoms with Gasteiger partial charge in [-0.2, -0.15) is 9.78 Å². The topological polar surface area (TPSA) is 64.4 Å². The van der Waals surface area contributed by atoms with Gasteiger partial charge in [0.2, 0.25) is 5.75 Å². The fourth-order valence-corrected chi connectivity index (χ4v) is 7.62. The molecule has 0 saturated carbocycles. The van der Waals surface area contributed by atoms with Crippen molar-refractivity contribution in [2.45, 2.75) is 38.0 Å². The third-order valence-corrected chi connectivity index (χ3v) is 13.1. The third-order valence-electron chi connectivity index (χ3n) is 7.89. The van der Waals surface area contributed by atoms with E-state index in [9.17, 15) is 17.8 Å². The van der Waals surface area contributed by atoms with E-state index in [4.69, 9.17) is 4.74 Å². The molecular weight excluding hydrogens is 484 g/mol. The molecule has 9 heteroatoms. The van der Waals surface area contributed by atoms with Crippen LogP contribution in [-0.4, -0.2) is 50.1 Å². The molecule has 192 valence electrons. The van der Waals surface area contributed by atoms with Gasteiger partial charge in [0.15, 0.2) is 0 Å². The zero-order valence-electron chi connectivity index (χ0n) is 20.7. The lowest BCUT2D eigenvalue weighted by Crippen LogP contribution is -2.57. The zero-order valence-corrected chi connectivity index (χ0v) is 21.6. The summed E-state index contributed by atoms with van der Waals surface area (Å²) in [6.07, 6.45) is 3.36. The van der Waals surface area contributed by atoms with Gasteiger partial charge in [-0.05, 0) is 48.9 Å². The van der Waals surface area contributed by atoms with Crippen LogP contribution in [0.15, 0.2) is 53.5 Å². The van der Waals surface area contributed by atoms with Gasteiger partial charge in [-0.25, -0.2) is 8.78 Å². The van der Waals surface area contributed by atoms with Crippen LogP contribution >= 0.6 is 0 Å². The van der Waals surface area contributed by atoms with Crippen LogP contribution in [0.5, 0.6) is 5.75 Å². The summed E-state index contributed by atoms with van der Waals surface area (Å²) in [4.78, 5) is 15.7. The molecule has 36 heavy (non-hydrogen) atoms. The molecular formula is C27H31F2N3O3S. The van der Waals surface area contributed by atoms with E-state index in [1.54, 1.807) is 30.5 Å². The highest BCUT2D eigenvalue weighted by molar-refractivity contribution is 8.19. The predicted octanol–water partition coefficient (Wildman–Crippen LogP) is 4.26. The average molecular weight is 516 g/mol. The van der Waals surface area contributed by atoms with Gasteiger partial charge in [-0.15, -0.1) is 0 Å². The summed E-state index contributed by atoms with van der Waals surface area (Å²) in [6, 6.07) is 11.2. The van der Waals surface area contributed by atoms with E-state index in [2.05, 4.69) is 5.10 Å². The van der Waals surface area contributed by atoms with E-state index in [1.807, 2.05) is 31.1 Å². The molecule has 0 N–H and O–H groups in total. The van der Waals surface area contributed by atoms with E-state index in [1.165, 1.54) is 4.68 Å². The van der Waals surface area contributed by atoms with Crippen molar-refractivity contribution in [2.75, 3.05) is 35.8 Å². The Hall–Kier alpha value is -3.07. The largest absolute Gasteiger partial charge is 0.478 e. The first-order valence-electron chi connectivity index (χ1n) is 12.2. The van der Waals surface area contributed by atoms with Crippen molar-refractivity contribution in [3.8, 4) is 11.4 Å². The maximum atomic E-state index is 14.7. The van der Waals surface area contributed by atoms with Crippen molar-refractivity contribution < 1.29 is 17.7 Å². The first-order valence-corrected chi connectivity index (χ1v) is 15.0. The number of anilines is 1. The van der Waals surface area contributed by atoms with Gasteiger partial charge >= 0.3 is 5.56 Å². The minimum atomic E-state index is -2.81. The van der Waals surface area contributed by atoms with Crippen molar-refractivity contribution >= 4 is 14.8 Å². The molecule has 1 fully saturated rings. The summed E-state index contributed by atoms with van der Waals surface area (Å²) in [7, 11) is -2.81. The lowest BCUT2D eigenvalue weighted by atomic mass is 10.1. The molecule has 0 radical (unpaired) electrons. The number of para-hydroxylation sites is 1. The molecule has 1 atom stereocenters. The minimum absolute atomic E-state index is 0.0430. The van der Waals surface area contributed by atoms with Gasteiger partial charge in [-0.3, -0.25) is 9.00 Å². The Morgan fingerprint density at radius 2 is 1.72 bits per heavy atom. The Balaban J connectivity index is 1.57.